The van der Waals surface area contributed by atoms with Crippen molar-refractivity contribution in [2.45, 2.75) is 0 Å². The van der Waals surface area contributed by atoms with Gasteiger partial charge in [0.25, 0.3) is 0 Å². The smallest absolute Gasteiger partial charge is 0.130 e. The zero-order chi connectivity index (χ0) is 9.80. The summed E-state index contributed by atoms with van der Waals surface area (Å²) in [6.07, 6.45) is 6.30. The molecule has 0 N–H and O–H groups in total. The molecular formula is C13H9F. The molecule has 0 unspecified atom stereocenters. The molecule has 0 fully saturated rings. The van der Waals surface area contributed by atoms with E-state index in [1.54, 1.807) is 12.2 Å². The molecule has 1 aliphatic carbocycles. The van der Waals surface area contributed by atoms with Gasteiger partial charge in [-0.15, -0.1) is 5.73 Å². The molecular weight excluding hydrogens is 175 g/mol. The summed E-state index contributed by atoms with van der Waals surface area (Å²) in [6.45, 7) is 0. The molecule has 0 saturated heterocycles. The Bertz CT molecular complexity index is 443. The Morgan fingerprint density at radius 2 is 1.71 bits per heavy atom. The first-order valence-corrected chi connectivity index (χ1v) is 4.42. The van der Waals surface area contributed by atoms with E-state index < -0.39 is 0 Å². The van der Waals surface area contributed by atoms with Crippen molar-refractivity contribution < 1.29 is 4.39 Å². The summed E-state index contributed by atoms with van der Waals surface area (Å²) < 4.78 is 12.8. The first-order valence-electron chi connectivity index (χ1n) is 4.42. The molecule has 0 atom stereocenters. The molecule has 0 aliphatic heterocycles. The largest absolute Gasteiger partial charge is 0.206 e. The fraction of sp³-hybridized carbons (Fsp3) is 0. The average Bonchev–Trinajstić information content (AvgIpc) is 2.44. The Hall–Kier alpha value is -1.85. The van der Waals surface area contributed by atoms with Crippen LogP contribution in [0.3, 0.4) is 0 Å². The second kappa shape index (κ2) is 3.91. The summed E-state index contributed by atoms with van der Waals surface area (Å²) in [6, 6.07) is 9.84. The quantitative estimate of drug-likeness (QED) is 0.584. The summed E-state index contributed by atoms with van der Waals surface area (Å²) in [5.41, 5.74) is 4.82. The fourth-order valence-corrected chi connectivity index (χ4v) is 1.29. The molecule has 68 valence electrons. The lowest BCUT2D eigenvalue weighted by molar-refractivity contribution is 0.668. The molecule has 2 rings (SSSR count). The van der Waals surface area contributed by atoms with Gasteiger partial charge in [0.05, 0.1) is 0 Å². The normalized spacial score (nSPS) is 14.6. The number of allylic oxidation sites excluding steroid dienone is 5. The minimum absolute atomic E-state index is 0.271. The lowest BCUT2D eigenvalue weighted by atomic mass is 10.1. The Morgan fingerprint density at radius 1 is 0.929 bits per heavy atom. The topological polar surface area (TPSA) is 0 Å². The number of benzene rings is 1. The van der Waals surface area contributed by atoms with Crippen molar-refractivity contribution >= 4 is 5.57 Å². The van der Waals surface area contributed by atoms with Crippen molar-refractivity contribution in [3.8, 4) is 0 Å². The Morgan fingerprint density at radius 3 is 2.50 bits per heavy atom. The van der Waals surface area contributed by atoms with Crippen LogP contribution in [0.5, 0.6) is 0 Å². The van der Waals surface area contributed by atoms with Gasteiger partial charge in [-0.25, -0.2) is 4.39 Å². The molecule has 14 heavy (non-hydrogen) atoms. The molecule has 0 aromatic heterocycles. The highest BCUT2D eigenvalue weighted by Gasteiger charge is 1.97. The molecule has 0 saturated carbocycles. The van der Waals surface area contributed by atoms with Gasteiger partial charge in [0.1, 0.15) is 5.83 Å². The van der Waals surface area contributed by atoms with Gasteiger partial charge in [-0.1, -0.05) is 36.4 Å². The lowest BCUT2D eigenvalue weighted by Gasteiger charge is -1.98. The van der Waals surface area contributed by atoms with Crippen LogP contribution in [-0.4, -0.2) is 0 Å². The fourth-order valence-electron chi connectivity index (χ4n) is 1.29. The molecule has 0 radical (unpaired) electrons. The molecule has 0 spiro atoms. The third-order valence-corrected chi connectivity index (χ3v) is 1.99. The van der Waals surface area contributed by atoms with E-state index in [2.05, 4.69) is 5.73 Å². The van der Waals surface area contributed by atoms with Crippen LogP contribution in [0.25, 0.3) is 5.57 Å². The third-order valence-electron chi connectivity index (χ3n) is 1.99. The molecule has 1 aromatic carbocycles. The SMILES string of the molecule is FC1=CC=C(c2ccccc2)C=C=C1. The van der Waals surface area contributed by atoms with Gasteiger partial charge < -0.3 is 0 Å². The maximum absolute atomic E-state index is 12.8. The van der Waals surface area contributed by atoms with Gasteiger partial charge in [0, 0.05) is 6.08 Å². The monoisotopic (exact) mass is 184 g/mol. The number of hydrogen-bond acceptors (Lipinski definition) is 0. The van der Waals surface area contributed by atoms with Crippen molar-refractivity contribution in [3.63, 3.8) is 0 Å². The number of hydrogen-bond donors (Lipinski definition) is 0. The van der Waals surface area contributed by atoms with Crippen LogP contribution in [0, 0.1) is 0 Å². The second-order valence-corrected chi connectivity index (χ2v) is 2.99. The van der Waals surface area contributed by atoms with E-state index in [1.165, 1.54) is 12.2 Å². The Labute approximate surface area is 82.4 Å². The van der Waals surface area contributed by atoms with Gasteiger partial charge in [0.2, 0.25) is 0 Å². The summed E-state index contributed by atoms with van der Waals surface area (Å²) >= 11 is 0. The van der Waals surface area contributed by atoms with Crippen LogP contribution in [0.1, 0.15) is 5.56 Å². The van der Waals surface area contributed by atoms with Gasteiger partial charge in [0.15, 0.2) is 0 Å². The highest BCUT2D eigenvalue weighted by Crippen LogP contribution is 2.17. The van der Waals surface area contributed by atoms with Gasteiger partial charge >= 0.3 is 0 Å². The van der Waals surface area contributed by atoms with Crippen LogP contribution < -0.4 is 0 Å². The lowest BCUT2D eigenvalue weighted by Crippen LogP contribution is -1.77. The summed E-state index contributed by atoms with van der Waals surface area (Å²) in [5.74, 6) is -0.271. The van der Waals surface area contributed by atoms with Crippen LogP contribution in [0.15, 0.2) is 66.2 Å². The molecule has 0 amide bonds. The van der Waals surface area contributed by atoms with E-state index in [1.807, 2.05) is 30.3 Å². The highest BCUT2D eigenvalue weighted by molar-refractivity contribution is 5.75. The van der Waals surface area contributed by atoms with Gasteiger partial charge in [-0.3, -0.25) is 0 Å². The van der Waals surface area contributed by atoms with Crippen molar-refractivity contribution in [2.75, 3.05) is 0 Å². The first kappa shape index (κ1) is 8.74. The summed E-state index contributed by atoms with van der Waals surface area (Å²) in [7, 11) is 0. The maximum Gasteiger partial charge on any atom is 0.130 e. The van der Waals surface area contributed by atoms with E-state index in [4.69, 9.17) is 0 Å². The third kappa shape index (κ3) is 1.90. The zero-order valence-corrected chi connectivity index (χ0v) is 7.57. The van der Waals surface area contributed by atoms with E-state index >= 15 is 0 Å². The van der Waals surface area contributed by atoms with Crippen LogP contribution in [-0.2, 0) is 0 Å². The highest BCUT2D eigenvalue weighted by atomic mass is 19.1. The standard InChI is InChI=1S/C13H9F/c14-13-8-4-7-12(9-10-13)11-5-2-1-3-6-11/h1-3,5-10H. The molecule has 0 bridgehead atoms. The minimum Gasteiger partial charge on any atom is -0.206 e. The summed E-state index contributed by atoms with van der Waals surface area (Å²) in [4.78, 5) is 0. The molecule has 1 aliphatic rings. The Kier molecular flexibility index (Phi) is 2.44. The van der Waals surface area contributed by atoms with E-state index in [0.29, 0.717) is 0 Å². The van der Waals surface area contributed by atoms with Crippen molar-refractivity contribution in [1.29, 1.82) is 0 Å². The molecule has 0 nitrogen and oxygen atoms in total. The van der Waals surface area contributed by atoms with E-state index in [-0.39, 0.29) is 5.83 Å². The minimum atomic E-state index is -0.271. The van der Waals surface area contributed by atoms with E-state index in [9.17, 15) is 4.39 Å². The first-order chi connectivity index (χ1) is 6.86. The van der Waals surface area contributed by atoms with Gasteiger partial charge in [-0.2, -0.15) is 0 Å². The predicted octanol–water partition coefficient (Wildman–Crippen LogP) is 3.65. The molecule has 1 aromatic rings. The Balaban J connectivity index is 2.43. The van der Waals surface area contributed by atoms with Crippen LogP contribution in [0.4, 0.5) is 4.39 Å². The van der Waals surface area contributed by atoms with Crippen LogP contribution >= 0.6 is 0 Å². The van der Waals surface area contributed by atoms with Crippen molar-refractivity contribution in [1.82, 2.24) is 0 Å². The number of halogens is 1. The number of rotatable bonds is 1. The summed E-state index contributed by atoms with van der Waals surface area (Å²) in [5, 5.41) is 0. The second-order valence-electron chi connectivity index (χ2n) is 2.99. The van der Waals surface area contributed by atoms with Crippen molar-refractivity contribution in [3.05, 3.63) is 71.8 Å². The predicted molar refractivity (Wildman–Crippen MR) is 56.3 cm³/mol. The molecule has 0 heterocycles. The van der Waals surface area contributed by atoms with Gasteiger partial charge in [-0.05, 0) is 23.3 Å². The zero-order valence-electron chi connectivity index (χ0n) is 7.57. The van der Waals surface area contributed by atoms with Crippen LogP contribution in [0.2, 0.25) is 0 Å². The molecule has 1 heteroatoms. The average molecular weight is 184 g/mol. The maximum atomic E-state index is 12.8. The van der Waals surface area contributed by atoms with E-state index in [0.717, 1.165) is 11.1 Å². The van der Waals surface area contributed by atoms with Crippen molar-refractivity contribution in [2.24, 2.45) is 0 Å².